The first-order valence-electron chi connectivity index (χ1n) is 8.30. The van der Waals surface area contributed by atoms with E-state index in [-0.39, 0.29) is 16.8 Å². The van der Waals surface area contributed by atoms with Crippen LogP contribution in [0, 0.1) is 0 Å². The lowest BCUT2D eigenvalue weighted by Crippen LogP contribution is -2.57. The molecule has 0 bridgehead atoms. The maximum absolute atomic E-state index is 13.1. The number of urea groups is 1. The van der Waals surface area contributed by atoms with Gasteiger partial charge in [0, 0.05) is 11.4 Å². The lowest BCUT2D eigenvalue weighted by atomic mass is 9.87. The molecular formula is C20H12B2N2O3. The average Bonchev–Trinajstić information content (AvgIpc) is 2.65. The molecule has 1 saturated heterocycles. The summed E-state index contributed by atoms with van der Waals surface area (Å²) in [5, 5.41) is 1.61. The molecule has 0 atom stereocenters. The topological polar surface area (TPSA) is 57.7 Å². The molecule has 126 valence electrons. The minimum Gasteiger partial charge on any atom is -0.273 e. The fraction of sp³-hybridized carbons (Fsp3) is 0.0500. The van der Waals surface area contributed by atoms with Gasteiger partial charge in [-0.3, -0.25) is 9.59 Å². The number of barbiturate groups is 1. The van der Waals surface area contributed by atoms with Crippen LogP contribution in [0.15, 0.2) is 60.7 Å². The van der Waals surface area contributed by atoms with Gasteiger partial charge in [0.2, 0.25) is 11.8 Å². The summed E-state index contributed by atoms with van der Waals surface area (Å²) in [5.41, 5.74) is 1.05. The number of carbonyl (C=O) groups excluding carboxylic acids is 3. The molecule has 0 aliphatic carbocycles. The Bertz CT molecular complexity index is 1110. The van der Waals surface area contributed by atoms with Gasteiger partial charge in [-0.2, -0.15) is 0 Å². The third-order valence-corrected chi connectivity index (χ3v) is 4.55. The van der Waals surface area contributed by atoms with Gasteiger partial charge in [-0.15, -0.1) is 0 Å². The first-order chi connectivity index (χ1) is 13.0. The van der Waals surface area contributed by atoms with Gasteiger partial charge in [0.05, 0.1) is 0 Å². The van der Waals surface area contributed by atoms with Gasteiger partial charge in [-0.05, 0) is 22.9 Å². The fourth-order valence-corrected chi connectivity index (χ4v) is 3.25. The molecule has 0 spiro atoms. The zero-order chi connectivity index (χ0) is 19.1. The van der Waals surface area contributed by atoms with Gasteiger partial charge >= 0.3 is 6.03 Å². The van der Waals surface area contributed by atoms with E-state index in [0.29, 0.717) is 5.46 Å². The smallest absolute Gasteiger partial charge is 0.273 e. The molecule has 7 heteroatoms. The zero-order valence-corrected chi connectivity index (χ0v) is 14.3. The van der Waals surface area contributed by atoms with Crippen LogP contribution in [0.1, 0.15) is 6.42 Å². The second kappa shape index (κ2) is 6.43. The number of amides is 4. The van der Waals surface area contributed by atoms with E-state index in [1.165, 1.54) is 0 Å². The van der Waals surface area contributed by atoms with E-state index >= 15 is 0 Å². The number of hydrogen-bond acceptors (Lipinski definition) is 3. The van der Waals surface area contributed by atoms with Gasteiger partial charge in [0.15, 0.2) is 0 Å². The molecule has 4 amide bonds. The van der Waals surface area contributed by atoms with Gasteiger partial charge in [0.25, 0.3) is 0 Å². The van der Waals surface area contributed by atoms with Crippen molar-refractivity contribution in [3.05, 3.63) is 60.7 Å². The third kappa shape index (κ3) is 2.72. The maximum Gasteiger partial charge on any atom is 0.342 e. The van der Waals surface area contributed by atoms with E-state index in [1.54, 1.807) is 36.4 Å². The lowest BCUT2D eigenvalue weighted by Gasteiger charge is -2.34. The Morgan fingerprint density at radius 3 is 2.07 bits per heavy atom. The Balaban J connectivity index is 1.84. The van der Waals surface area contributed by atoms with Crippen LogP contribution < -0.4 is 20.7 Å². The van der Waals surface area contributed by atoms with Crippen molar-refractivity contribution < 1.29 is 14.4 Å². The molecule has 0 saturated carbocycles. The largest absolute Gasteiger partial charge is 0.342 e. The summed E-state index contributed by atoms with van der Waals surface area (Å²) < 4.78 is 0. The van der Waals surface area contributed by atoms with E-state index in [0.717, 1.165) is 20.6 Å². The predicted molar refractivity (Wildman–Crippen MR) is 106 cm³/mol. The van der Waals surface area contributed by atoms with Crippen LogP contribution in [0.2, 0.25) is 0 Å². The zero-order valence-electron chi connectivity index (χ0n) is 14.3. The van der Waals surface area contributed by atoms with Gasteiger partial charge in [-0.25, -0.2) is 14.6 Å². The lowest BCUT2D eigenvalue weighted by molar-refractivity contribution is -0.126. The summed E-state index contributed by atoms with van der Waals surface area (Å²) in [5.74, 6) is -1.25. The van der Waals surface area contributed by atoms with Crippen molar-refractivity contribution >= 4 is 66.6 Å². The van der Waals surface area contributed by atoms with Crippen LogP contribution in [0.25, 0.3) is 10.8 Å². The summed E-state index contributed by atoms with van der Waals surface area (Å²) in [6.45, 7) is 0. The predicted octanol–water partition coefficient (Wildman–Crippen LogP) is 1.32. The van der Waals surface area contributed by atoms with Crippen molar-refractivity contribution in [1.82, 2.24) is 0 Å². The van der Waals surface area contributed by atoms with Crippen LogP contribution in [0.5, 0.6) is 0 Å². The van der Waals surface area contributed by atoms with Gasteiger partial charge in [0.1, 0.15) is 22.1 Å². The molecule has 1 fully saturated rings. The Morgan fingerprint density at radius 2 is 1.33 bits per heavy atom. The third-order valence-electron chi connectivity index (χ3n) is 4.55. The normalized spacial score (nSPS) is 14.9. The minimum absolute atomic E-state index is 0.240. The quantitative estimate of drug-likeness (QED) is 0.518. The molecule has 5 nitrogen and oxygen atoms in total. The monoisotopic (exact) mass is 350 g/mol. The molecule has 1 aliphatic rings. The van der Waals surface area contributed by atoms with Crippen LogP contribution in [0.4, 0.5) is 16.2 Å². The first kappa shape index (κ1) is 17.1. The molecule has 3 aromatic carbocycles. The number of imide groups is 2. The standard InChI is InChI=1S/C20H12B2N2O3/c21-14-7-3-4-8-15(14)23-17(25)11-18(26)24(20(23)27)16-10-9-12-5-1-2-6-13(12)19(16)22/h1-10H,11H2. The highest BCUT2D eigenvalue weighted by Gasteiger charge is 2.40. The van der Waals surface area contributed by atoms with Crippen LogP contribution in [0.3, 0.4) is 0 Å². The number of fused-ring (bicyclic) bond motifs is 1. The van der Waals surface area contributed by atoms with Gasteiger partial charge in [-0.1, -0.05) is 59.5 Å². The average molecular weight is 350 g/mol. The number of para-hydroxylation sites is 1. The molecule has 0 unspecified atom stereocenters. The van der Waals surface area contributed by atoms with E-state index in [1.807, 2.05) is 24.3 Å². The van der Waals surface area contributed by atoms with Gasteiger partial charge < -0.3 is 0 Å². The second-order valence-corrected chi connectivity index (χ2v) is 6.20. The first-order valence-corrected chi connectivity index (χ1v) is 8.30. The summed E-state index contributed by atoms with van der Waals surface area (Å²) in [6, 6.07) is 16.5. The van der Waals surface area contributed by atoms with E-state index in [9.17, 15) is 14.4 Å². The molecule has 0 aromatic heterocycles. The van der Waals surface area contributed by atoms with E-state index in [2.05, 4.69) is 0 Å². The van der Waals surface area contributed by atoms with Crippen molar-refractivity contribution in [2.45, 2.75) is 6.42 Å². The molecular weight excluding hydrogens is 338 g/mol. The highest BCUT2D eigenvalue weighted by Crippen LogP contribution is 2.26. The Kier molecular flexibility index (Phi) is 4.07. The van der Waals surface area contributed by atoms with Crippen molar-refractivity contribution in [2.24, 2.45) is 0 Å². The SMILES string of the molecule is [B]c1ccccc1N1C(=O)CC(=O)N(c2ccc3ccccc3c2[B])C1=O. The second-order valence-electron chi connectivity index (χ2n) is 6.20. The Hall–Kier alpha value is -3.34. The molecule has 0 N–H and O–H groups in total. The highest BCUT2D eigenvalue weighted by molar-refractivity contribution is 6.47. The van der Waals surface area contributed by atoms with Crippen molar-refractivity contribution in [1.29, 1.82) is 0 Å². The Morgan fingerprint density at radius 1 is 0.704 bits per heavy atom. The highest BCUT2D eigenvalue weighted by atomic mass is 16.2. The van der Waals surface area contributed by atoms with E-state index < -0.39 is 24.3 Å². The summed E-state index contributed by atoms with van der Waals surface area (Å²) in [6.07, 6.45) is -0.452. The number of rotatable bonds is 2. The number of benzene rings is 3. The summed E-state index contributed by atoms with van der Waals surface area (Å²) in [4.78, 5) is 39.9. The number of nitrogens with zero attached hydrogens (tertiary/aromatic N) is 2. The molecule has 27 heavy (non-hydrogen) atoms. The number of carbonyl (C=O) groups is 3. The molecule has 4 radical (unpaired) electrons. The Labute approximate surface area is 158 Å². The number of anilines is 2. The van der Waals surface area contributed by atoms with Crippen molar-refractivity contribution in [3.63, 3.8) is 0 Å². The maximum atomic E-state index is 13.1. The van der Waals surface area contributed by atoms with E-state index in [4.69, 9.17) is 15.7 Å². The number of hydrogen-bond donors (Lipinski definition) is 0. The molecule has 3 aromatic rings. The van der Waals surface area contributed by atoms with Crippen LogP contribution in [-0.2, 0) is 9.59 Å². The molecule has 1 heterocycles. The fourth-order valence-electron chi connectivity index (χ4n) is 3.25. The molecule has 1 aliphatic heterocycles. The molecule has 4 rings (SSSR count). The van der Waals surface area contributed by atoms with Crippen LogP contribution >= 0.6 is 0 Å². The van der Waals surface area contributed by atoms with Crippen molar-refractivity contribution in [2.75, 3.05) is 9.80 Å². The van der Waals surface area contributed by atoms with Crippen LogP contribution in [-0.4, -0.2) is 33.5 Å². The minimum atomic E-state index is -0.795. The summed E-state index contributed by atoms with van der Waals surface area (Å²) >= 11 is 0. The van der Waals surface area contributed by atoms with Crippen molar-refractivity contribution in [3.8, 4) is 0 Å². The summed E-state index contributed by atoms with van der Waals surface area (Å²) in [7, 11) is 12.2.